The Morgan fingerprint density at radius 1 is 1.50 bits per heavy atom. The van der Waals surface area contributed by atoms with Crippen molar-refractivity contribution >= 4 is 33.9 Å². The molecule has 2 N–H and O–H groups in total. The lowest BCUT2D eigenvalue weighted by molar-refractivity contribution is -0.122. The third-order valence-corrected chi connectivity index (χ3v) is 3.61. The van der Waals surface area contributed by atoms with E-state index in [1.807, 2.05) is 25.1 Å². The lowest BCUT2D eigenvalue weighted by Gasteiger charge is -2.23. The van der Waals surface area contributed by atoms with Crippen molar-refractivity contribution in [1.82, 2.24) is 9.36 Å². The van der Waals surface area contributed by atoms with Crippen LogP contribution in [0.4, 0.5) is 16.5 Å². The summed E-state index contributed by atoms with van der Waals surface area (Å²) in [6.45, 7) is 3.73. The molecule has 6 nitrogen and oxygen atoms in total. The molecule has 2 heterocycles. The van der Waals surface area contributed by atoms with Gasteiger partial charge >= 0.3 is 0 Å². The van der Waals surface area contributed by atoms with Crippen LogP contribution >= 0.6 is 11.5 Å². The number of anilines is 3. The third kappa shape index (κ3) is 2.44. The van der Waals surface area contributed by atoms with Crippen molar-refractivity contribution in [3.63, 3.8) is 0 Å². The van der Waals surface area contributed by atoms with Gasteiger partial charge in [-0.1, -0.05) is 6.92 Å². The van der Waals surface area contributed by atoms with Crippen LogP contribution in [0, 0.1) is 0 Å². The van der Waals surface area contributed by atoms with E-state index in [0.717, 1.165) is 23.1 Å². The van der Waals surface area contributed by atoms with Gasteiger partial charge in [-0.05, 0) is 25.1 Å². The van der Waals surface area contributed by atoms with Crippen LogP contribution in [0.25, 0.3) is 0 Å². The molecular weight excluding hydrogens is 276 g/mol. The molecule has 1 aromatic heterocycles. The van der Waals surface area contributed by atoms with Gasteiger partial charge in [0.25, 0.3) is 5.91 Å². The summed E-state index contributed by atoms with van der Waals surface area (Å²) in [5, 5.41) is 6.72. The molecule has 104 valence electrons. The van der Waals surface area contributed by atoms with Gasteiger partial charge in [0.1, 0.15) is 11.6 Å². The first-order valence-electron chi connectivity index (χ1n) is 6.37. The smallest absolute Gasteiger partial charge is 0.265 e. The number of ether oxygens (including phenoxy) is 1. The number of carbonyl (C=O) groups is 1. The first kappa shape index (κ1) is 12.9. The molecule has 1 unspecified atom stereocenters. The van der Waals surface area contributed by atoms with E-state index >= 15 is 0 Å². The molecule has 1 aliphatic rings. The van der Waals surface area contributed by atoms with Gasteiger partial charge in [0.2, 0.25) is 5.13 Å². The molecule has 1 atom stereocenters. The summed E-state index contributed by atoms with van der Waals surface area (Å²) in [4.78, 5) is 15.9. The average molecular weight is 290 g/mol. The summed E-state index contributed by atoms with van der Waals surface area (Å²) >= 11 is 1.32. The number of nitrogens with zero attached hydrogens (tertiary/aromatic N) is 2. The van der Waals surface area contributed by atoms with Crippen molar-refractivity contribution in [3.05, 3.63) is 24.0 Å². The predicted molar refractivity (Wildman–Crippen MR) is 77.7 cm³/mol. The molecule has 0 radical (unpaired) electrons. The number of amides is 1. The number of hydrogen-bond donors (Lipinski definition) is 2. The minimum absolute atomic E-state index is 0.140. The number of aromatic nitrogens is 2. The molecule has 3 rings (SSSR count). The van der Waals surface area contributed by atoms with Crippen LogP contribution in [0.3, 0.4) is 0 Å². The fourth-order valence-electron chi connectivity index (χ4n) is 1.86. The lowest BCUT2D eigenvalue weighted by Crippen LogP contribution is -2.34. The number of rotatable bonds is 3. The van der Waals surface area contributed by atoms with E-state index in [-0.39, 0.29) is 5.91 Å². The number of nitrogens with one attached hydrogen (secondary N) is 2. The largest absolute Gasteiger partial charge is 0.479 e. The highest BCUT2D eigenvalue weighted by atomic mass is 32.1. The Morgan fingerprint density at radius 2 is 2.35 bits per heavy atom. The standard InChI is InChI=1S/C13H14N4O2S/c1-3-11-16-13(20-17-11)14-8-4-5-10-9(6-8)15-12(18)7(2)19-10/h4-7H,3H2,1-2H3,(H,15,18)(H,14,16,17). The Balaban J connectivity index is 1.82. The van der Waals surface area contributed by atoms with Gasteiger partial charge in [-0.2, -0.15) is 4.37 Å². The summed E-state index contributed by atoms with van der Waals surface area (Å²) in [5.74, 6) is 1.36. The molecule has 0 aliphatic carbocycles. The highest BCUT2D eigenvalue weighted by molar-refractivity contribution is 7.09. The Kier molecular flexibility index (Phi) is 3.27. The first-order chi connectivity index (χ1) is 9.65. The second-order valence-corrected chi connectivity index (χ2v) is 5.21. The fraction of sp³-hybridized carbons (Fsp3) is 0.308. The minimum atomic E-state index is -0.461. The van der Waals surface area contributed by atoms with Crippen LogP contribution < -0.4 is 15.4 Å². The minimum Gasteiger partial charge on any atom is -0.479 e. The van der Waals surface area contributed by atoms with Crippen molar-refractivity contribution in [2.75, 3.05) is 10.6 Å². The summed E-state index contributed by atoms with van der Waals surface area (Å²) in [7, 11) is 0. The third-order valence-electron chi connectivity index (χ3n) is 2.95. The highest BCUT2D eigenvalue weighted by Gasteiger charge is 2.23. The summed E-state index contributed by atoms with van der Waals surface area (Å²) in [6.07, 6.45) is 0.348. The van der Waals surface area contributed by atoms with Crippen LogP contribution in [0.2, 0.25) is 0 Å². The molecule has 1 aromatic carbocycles. The quantitative estimate of drug-likeness (QED) is 0.908. The number of aryl methyl sites for hydroxylation is 1. The van der Waals surface area contributed by atoms with E-state index < -0.39 is 6.10 Å². The molecule has 0 saturated heterocycles. The van der Waals surface area contributed by atoms with Crippen LogP contribution in [0.5, 0.6) is 5.75 Å². The zero-order valence-electron chi connectivity index (χ0n) is 11.1. The van der Waals surface area contributed by atoms with E-state index in [9.17, 15) is 4.79 Å². The number of carbonyl (C=O) groups excluding carboxylic acids is 1. The molecule has 0 fully saturated rings. The summed E-state index contributed by atoms with van der Waals surface area (Å²) in [6, 6.07) is 5.54. The van der Waals surface area contributed by atoms with E-state index in [4.69, 9.17) is 4.74 Å². The van der Waals surface area contributed by atoms with Gasteiger partial charge in [-0.25, -0.2) is 4.98 Å². The number of fused-ring (bicyclic) bond motifs is 1. The Labute approximate surface area is 120 Å². The maximum absolute atomic E-state index is 11.6. The molecular formula is C13H14N4O2S. The molecule has 20 heavy (non-hydrogen) atoms. The number of hydrogen-bond acceptors (Lipinski definition) is 6. The fourth-order valence-corrected chi connectivity index (χ4v) is 2.53. The monoisotopic (exact) mass is 290 g/mol. The average Bonchev–Trinajstić information content (AvgIpc) is 2.88. The van der Waals surface area contributed by atoms with Gasteiger partial charge in [0, 0.05) is 23.6 Å². The molecule has 0 saturated carbocycles. The SMILES string of the molecule is CCc1nsc(Nc2ccc3c(c2)NC(=O)C(C)O3)n1. The second-order valence-electron chi connectivity index (χ2n) is 4.45. The first-order valence-corrected chi connectivity index (χ1v) is 7.14. The van der Waals surface area contributed by atoms with Crippen LogP contribution in [-0.2, 0) is 11.2 Å². The normalized spacial score (nSPS) is 17.1. The molecule has 2 aromatic rings. The van der Waals surface area contributed by atoms with Crippen molar-refractivity contribution in [3.8, 4) is 5.75 Å². The van der Waals surface area contributed by atoms with E-state index in [2.05, 4.69) is 20.0 Å². The van der Waals surface area contributed by atoms with Crippen molar-refractivity contribution < 1.29 is 9.53 Å². The van der Waals surface area contributed by atoms with Crippen LogP contribution in [0.15, 0.2) is 18.2 Å². The maximum atomic E-state index is 11.6. The van der Waals surface area contributed by atoms with E-state index in [1.54, 1.807) is 6.92 Å². The van der Waals surface area contributed by atoms with Crippen LogP contribution in [0.1, 0.15) is 19.7 Å². The highest BCUT2D eigenvalue weighted by Crippen LogP contribution is 2.33. The Hall–Kier alpha value is -2.15. The van der Waals surface area contributed by atoms with Crippen molar-refractivity contribution in [1.29, 1.82) is 0 Å². The number of benzene rings is 1. The molecule has 1 aliphatic heterocycles. The van der Waals surface area contributed by atoms with Gasteiger partial charge in [-0.3, -0.25) is 4.79 Å². The van der Waals surface area contributed by atoms with Crippen molar-refractivity contribution in [2.24, 2.45) is 0 Å². The van der Waals surface area contributed by atoms with Crippen LogP contribution in [-0.4, -0.2) is 21.4 Å². The molecule has 1 amide bonds. The van der Waals surface area contributed by atoms with Crippen molar-refractivity contribution in [2.45, 2.75) is 26.4 Å². The Morgan fingerprint density at radius 3 is 3.10 bits per heavy atom. The summed E-state index contributed by atoms with van der Waals surface area (Å²) in [5.41, 5.74) is 1.50. The molecule has 0 bridgehead atoms. The second kappa shape index (κ2) is 5.09. The lowest BCUT2D eigenvalue weighted by atomic mass is 10.2. The van der Waals surface area contributed by atoms with Gasteiger partial charge in [-0.15, -0.1) is 0 Å². The van der Waals surface area contributed by atoms with Gasteiger partial charge < -0.3 is 15.4 Å². The van der Waals surface area contributed by atoms with Gasteiger partial charge in [0.15, 0.2) is 6.10 Å². The Bertz CT molecular complexity index is 656. The summed E-state index contributed by atoms with van der Waals surface area (Å²) < 4.78 is 9.72. The van der Waals surface area contributed by atoms with Gasteiger partial charge in [0.05, 0.1) is 5.69 Å². The molecule has 0 spiro atoms. The molecule has 7 heteroatoms. The van der Waals surface area contributed by atoms with E-state index in [1.165, 1.54) is 11.5 Å². The zero-order valence-corrected chi connectivity index (χ0v) is 12.0. The van der Waals surface area contributed by atoms with E-state index in [0.29, 0.717) is 11.4 Å². The maximum Gasteiger partial charge on any atom is 0.265 e. The topological polar surface area (TPSA) is 76.1 Å². The predicted octanol–water partition coefficient (Wildman–Crippen LogP) is 2.56. The zero-order chi connectivity index (χ0) is 14.1.